The SMILES string of the molecule is CCS(=O)(=O)N(CCCO)Cc1ccc(Cl)c(Cl)c1. The Labute approximate surface area is 124 Å². The molecule has 0 aliphatic rings. The van der Waals surface area contributed by atoms with Crippen LogP contribution in [0.2, 0.25) is 10.0 Å². The molecule has 1 rings (SSSR count). The van der Waals surface area contributed by atoms with Gasteiger partial charge < -0.3 is 5.11 Å². The molecule has 4 nitrogen and oxygen atoms in total. The van der Waals surface area contributed by atoms with Crippen LogP contribution in [-0.4, -0.2) is 36.7 Å². The largest absolute Gasteiger partial charge is 0.396 e. The van der Waals surface area contributed by atoms with Crippen molar-refractivity contribution < 1.29 is 13.5 Å². The van der Waals surface area contributed by atoms with E-state index in [1.807, 2.05) is 0 Å². The van der Waals surface area contributed by atoms with E-state index >= 15 is 0 Å². The molecule has 0 spiro atoms. The van der Waals surface area contributed by atoms with Crippen molar-refractivity contribution in [1.82, 2.24) is 4.31 Å². The molecule has 0 bridgehead atoms. The van der Waals surface area contributed by atoms with E-state index in [9.17, 15) is 8.42 Å². The van der Waals surface area contributed by atoms with E-state index < -0.39 is 10.0 Å². The number of aliphatic hydroxyl groups is 1. The summed E-state index contributed by atoms with van der Waals surface area (Å²) >= 11 is 11.7. The van der Waals surface area contributed by atoms with Gasteiger partial charge in [-0.2, -0.15) is 4.31 Å². The van der Waals surface area contributed by atoms with Crippen molar-refractivity contribution in [1.29, 1.82) is 0 Å². The van der Waals surface area contributed by atoms with Crippen LogP contribution >= 0.6 is 23.2 Å². The van der Waals surface area contributed by atoms with Crippen LogP contribution in [-0.2, 0) is 16.6 Å². The van der Waals surface area contributed by atoms with Gasteiger partial charge in [0.2, 0.25) is 10.0 Å². The fourth-order valence-electron chi connectivity index (χ4n) is 1.59. The smallest absolute Gasteiger partial charge is 0.214 e. The molecule has 0 radical (unpaired) electrons. The third-order valence-electron chi connectivity index (χ3n) is 2.67. The second kappa shape index (κ2) is 7.45. The van der Waals surface area contributed by atoms with E-state index in [1.165, 1.54) is 4.31 Å². The van der Waals surface area contributed by atoms with Gasteiger partial charge in [0, 0.05) is 19.7 Å². The molecule has 0 fully saturated rings. The fourth-order valence-corrected chi connectivity index (χ4v) is 3.03. The lowest BCUT2D eigenvalue weighted by Gasteiger charge is -2.21. The average molecular weight is 326 g/mol. The lowest BCUT2D eigenvalue weighted by Crippen LogP contribution is -2.33. The number of halogens is 2. The number of nitrogens with zero attached hydrogens (tertiary/aromatic N) is 1. The molecule has 0 aromatic heterocycles. The third kappa shape index (κ3) is 4.93. The van der Waals surface area contributed by atoms with Crippen molar-refractivity contribution >= 4 is 33.2 Å². The number of rotatable bonds is 7. The molecule has 0 unspecified atom stereocenters. The monoisotopic (exact) mass is 325 g/mol. The van der Waals surface area contributed by atoms with Gasteiger partial charge >= 0.3 is 0 Å². The van der Waals surface area contributed by atoms with Gasteiger partial charge in [-0.05, 0) is 31.0 Å². The summed E-state index contributed by atoms with van der Waals surface area (Å²) in [5.41, 5.74) is 0.768. The second-order valence-electron chi connectivity index (χ2n) is 4.06. The molecule has 19 heavy (non-hydrogen) atoms. The number of hydrogen-bond acceptors (Lipinski definition) is 3. The predicted molar refractivity (Wildman–Crippen MR) is 78.0 cm³/mol. The Morgan fingerprint density at radius 3 is 2.47 bits per heavy atom. The van der Waals surface area contributed by atoms with E-state index in [0.29, 0.717) is 16.5 Å². The molecule has 0 saturated heterocycles. The first-order valence-electron chi connectivity index (χ1n) is 5.93. The molecule has 0 aliphatic carbocycles. The minimum absolute atomic E-state index is 0.0275. The standard InChI is InChI=1S/C12H17Cl2NO3S/c1-2-19(17,18)15(6-3-7-16)9-10-4-5-11(13)12(14)8-10/h4-5,8,16H,2-3,6-7,9H2,1H3. The van der Waals surface area contributed by atoms with E-state index in [2.05, 4.69) is 0 Å². The zero-order chi connectivity index (χ0) is 14.5. The Kier molecular flexibility index (Phi) is 6.56. The second-order valence-corrected chi connectivity index (χ2v) is 7.13. The Bertz CT molecular complexity index is 520. The first-order chi connectivity index (χ1) is 8.90. The van der Waals surface area contributed by atoms with Gasteiger partial charge in [-0.25, -0.2) is 8.42 Å². The zero-order valence-electron chi connectivity index (χ0n) is 10.6. The van der Waals surface area contributed by atoms with Gasteiger partial charge in [-0.1, -0.05) is 29.3 Å². The van der Waals surface area contributed by atoms with Crippen LogP contribution in [0.5, 0.6) is 0 Å². The van der Waals surface area contributed by atoms with Crippen LogP contribution in [0.15, 0.2) is 18.2 Å². The van der Waals surface area contributed by atoms with Gasteiger partial charge in [0.1, 0.15) is 0 Å². The van der Waals surface area contributed by atoms with Gasteiger partial charge in [0.05, 0.1) is 15.8 Å². The van der Waals surface area contributed by atoms with E-state index in [1.54, 1.807) is 25.1 Å². The van der Waals surface area contributed by atoms with Gasteiger partial charge in [-0.15, -0.1) is 0 Å². The maximum atomic E-state index is 11.9. The molecule has 1 aromatic rings. The minimum Gasteiger partial charge on any atom is -0.396 e. The Morgan fingerprint density at radius 1 is 1.26 bits per heavy atom. The molecule has 0 atom stereocenters. The maximum Gasteiger partial charge on any atom is 0.214 e. The van der Waals surface area contributed by atoms with E-state index in [-0.39, 0.29) is 25.4 Å². The van der Waals surface area contributed by atoms with Crippen molar-refractivity contribution in [3.8, 4) is 0 Å². The molecule has 0 amide bonds. The number of hydrogen-bond donors (Lipinski definition) is 1. The van der Waals surface area contributed by atoms with Crippen molar-refractivity contribution in [2.45, 2.75) is 19.9 Å². The van der Waals surface area contributed by atoms with Crippen molar-refractivity contribution in [2.75, 3.05) is 18.9 Å². The zero-order valence-corrected chi connectivity index (χ0v) is 13.0. The van der Waals surface area contributed by atoms with Crippen molar-refractivity contribution in [3.05, 3.63) is 33.8 Å². The third-order valence-corrected chi connectivity index (χ3v) is 5.23. The summed E-state index contributed by atoms with van der Waals surface area (Å²) < 4.78 is 25.2. The molecule has 7 heteroatoms. The molecule has 0 aliphatic heterocycles. The van der Waals surface area contributed by atoms with Crippen LogP contribution < -0.4 is 0 Å². The quantitative estimate of drug-likeness (QED) is 0.838. The minimum atomic E-state index is -3.31. The molecular formula is C12H17Cl2NO3S. The molecule has 108 valence electrons. The number of sulfonamides is 1. The van der Waals surface area contributed by atoms with Crippen molar-refractivity contribution in [3.63, 3.8) is 0 Å². The van der Waals surface area contributed by atoms with Gasteiger partial charge in [0.15, 0.2) is 0 Å². The maximum absolute atomic E-state index is 11.9. The molecular weight excluding hydrogens is 309 g/mol. The van der Waals surface area contributed by atoms with Crippen LogP contribution in [0.3, 0.4) is 0 Å². The van der Waals surface area contributed by atoms with Crippen LogP contribution in [0.25, 0.3) is 0 Å². The summed E-state index contributed by atoms with van der Waals surface area (Å²) in [5.74, 6) is 0.0275. The van der Waals surface area contributed by atoms with Gasteiger partial charge in [0.25, 0.3) is 0 Å². The Balaban J connectivity index is 2.90. The lowest BCUT2D eigenvalue weighted by atomic mass is 10.2. The molecule has 0 heterocycles. The average Bonchev–Trinajstić information content (AvgIpc) is 2.38. The first-order valence-corrected chi connectivity index (χ1v) is 8.30. The molecule has 1 aromatic carbocycles. The predicted octanol–water partition coefficient (Wildman–Crippen LogP) is 2.53. The topological polar surface area (TPSA) is 57.6 Å². The number of benzene rings is 1. The summed E-state index contributed by atoms with van der Waals surface area (Å²) in [6, 6.07) is 5.04. The van der Waals surface area contributed by atoms with Crippen LogP contribution in [0.4, 0.5) is 0 Å². The Hall–Kier alpha value is -0.330. The first kappa shape index (κ1) is 16.7. The summed E-state index contributed by atoms with van der Waals surface area (Å²) in [7, 11) is -3.31. The summed E-state index contributed by atoms with van der Waals surface area (Å²) in [6.07, 6.45) is 0.403. The van der Waals surface area contributed by atoms with Crippen molar-refractivity contribution in [2.24, 2.45) is 0 Å². The highest BCUT2D eigenvalue weighted by molar-refractivity contribution is 7.89. The van der Waals surface area contributed by atoms with E-state index in [0.717, 1.165) is 5.56 Å². The Morgan fingerprint density at radius 2 is 1.95 bits per heavy atom. The normalized spacial score (nSPS) is 12.1. The molecule has 1 N–H and O–H groups in total. The number of aliphatic hydroxyl groups excluding tert-OH is 1. The van der Waals surface area contributed by atoms with Crippen LogP contribution in [0.1, 0.15) is 18.9 Å². The van der Waals surface area contributed by atoms with E-state index in [4.69, 9.17) is 28.3 Å². The highest BCUT2D eigenvalue weighted by Crippen LogP contribution is 2.23. The molecule has 0 saturated carbocycles. The highest BCUT2D eigenvalue weighted by atomic mass is 35.5. The highest BCUT2D eigenvalue weighted by Gasteiger charge is 2.19. The fraction of sp³-hybridized carbons (Fsp3) is 0.500. The van der Waals surface area contributed by atoms with Crippen LogP contribution in [0, 0.1) is 0 Å². The van der Waals surface area contributed by atoms with Gasteiger partial charge in [-0.3, -0.25) is 0 Å². The summed E-state index contributed by atoms with van der Waals surface area (Å²) in [4.78, 5) is 0. The summed E-state index contributed by atoms with van der Waals surface area (Å²) in [5, 5.41) is 9.67. The summed E-state index contributed by atoms with van der Waals surface area (Å²) in [6.45, 7) is 2.06. The lowest BCUT2D eigenvalue weighted by molar-refractivity contribution is 0.267.